The predicted molar refractivity (Wildman–Crippen MR) is 120 cm³/mol. The molecule has 0 saturated carbocycles. The van der Waals surface area contributed by atoms with E-state index in [4.69, 9.17) is 23.2 Å². The van der Waals surface area contributed by atoms with Crippen molar-refractivity contribution in [1.29, 1.82) is 0 Å². The molecular formula is C22H19Cl2N5O. The van der Waals surface area contributed by atoms with Gasteiger partial charge in [0.05, 0.1) is 16.9 Å². The summed E-state index contributed by atoms with van der Waals surface area (Å²) in [6.07, 6.45) is 3.30. The second kappa shape index (κ2) is 7.97. The van der Waals surface area contributed by atoms with E-state index in [0.717, 1.165) is 22.6 Å². The summed E-state index contributed by atoms with van der Waals surface area (Å²) in [5.74, 6) is -0.356. The van der Waals surface area contributed by atoms with Crippen LogP contribution in [0.1, 0.15) is 33.1 Å². The quantitative estimate of drug-likeness (QED) is 0.354. The Labute approximate surface area is 183 Å². The zero-order chi connectivity index (χ0) is 21.4. The van der Waals surface area contributed by atoms with E-state index in [9.17, 15) is 4.79 Å². The first kappa shape index (κ1) is 20.2. The summed E-state index contributed by atoms with van der Waals surface area (Å²) in [5.41, 5.74) is 8.21. The third kappa shape index (κ3) is 3.72. The Kier molecular flexibility index (Phi) is 5.37. The van der Waals surface area contributed by atoms with Crippen molar-refractivity contribution in [2.24, 2.45) is 5.10 Å². The lowest BCUT2D eigenvalue weighted by Crippen LogP contribution is -2.20. The summed E-state index contributed by atoms with van der Waals surface area (Å²) in [6.45, 7) is 5.80. The van der Waals surface area contributed by atoms with Crippen molar-refractivity contribution in [1.82, 2.24) is 19.4 Å². The second-order valence-electron chi connectivity index (χ2n) is 6.96. The molecule has 3 aromatic heterocycles. The van der Waals surface area contributed by atoms with Gasteiger partial charge in [-0.3, -0.25) is 9.20 Å². The number of aryl methyl sites for hydroxylation is 2. The van der Waals surface area contributed by atoms with E-state index < -0.39 is 0 Å². The first-order valence-corrected chi connectivity index (χ1v) is 10.0. The number of rotatable bonds is 4. The molecule has 0 unspecified atom stereocenters. The minimum atomic E-state index is -0.356. The predicted octanol–water partition coefficient (Wildman–Crippen LogP) is 5.12. The third-order valence-electron chi connectivity index (χ3n) is 4.90. The van der Waals surface area contributed by atoms with Gasteiger partial charge in [-0.2, -0.15) is 5.10 Å². The Morgan fingerprint density at radius 1 is 1.07 bits per heavy atom. The van der Waals surface area contributed by atoms with Gasteiger partial charge in [0.2, 0.25) is 0 Å². The number of imidazole rings is 1. The molecule has 0 aliphatic heterocycles. The van der Waals surface area contributed by atoms with Crippen LogP contribution in [0.4, 0.5) is 0 Å². The first-order valence-electron chi connectivity index (χ1n) is 9.27. The molecule has 4 rings (SSSR count). The van der Waals surface area contributed by atoms with E-state index >= 15 is 0 Å². The summed E-state index contributed by atoms with van der Waals surface area (Å²) < 4.78 is 3.77. The van der Waals surface area contributed by atoms with Crippen LogP contribution in [0.2, 0.25) is 10.0 Å². The number of carbonyl (C=O) groups is 1. The maximum atomic E-state index is 12.7. The maximum Gasteiger partial charge on any atom is 0.290 e. The molecule has 1 N–H and O–H groups in total. The van der Waals surface area contributed by atoms with Gasteiger partial charge >= 0.3 is 0 Å². The molecule has 8 heteroatoms. The number of aromatic nitrogens is 3. The van der Waals surface area contributed by atoms with Crippen LogP contribution >= 0.6 is 23.2 Å². The zero-order valence-electron chi connectivity index (χ0n) is 16.6. The van der Waals surface area contributed by atoms with Crippen molar-refractivity contribution in [3.63, 3.8) is 0 Å². The molecule has 0 spiro atoms. The summed E-state index contributed by atoms with van der Waals surface area (Å²) >= 11 is 12.1. The van der Waals surface area contributed by atoms with Crippen molar-refractivity contribution in [2.75, 3.05) is 0 Å². The molecule has 152 valence electrons. The van der Waals surface area contributed by atoms with Gasteiger partial charge in [0, 0.05) is 33.9 Å². The maximum absolute atomic E-state index is 12.7. The number of nitrogens with one attached hydrogen (secondary N) is 1. The summed E-state index contributed by atoms with van der Waals surface area (Å²) in [4.78, 5) is 17.1. The van der Waals surface area contributed by atoms with E-state index in [0.29, 0.717) is 27.1 Å². The van der Waals surface area contributed by atoms with Crippen LogP contribution in [0.5, 0.6) is 0 Å². The van der Waals surface area contributed by atoms with Crippen LogP contribution in [0.25, 0.3) is 11.3 Å². The highest BCUT2D eigenvalue weighted by Crippen LogP contribution is 2.21. The van der Waals surface area contributed by atoms with Crippen molar-refractivity contribution >= 4 is 41.0 Å². The van der Waals surface area contributed by atoms with Crippen molar-refractivity contribution in [3.05, 3.63) is 87.0 Å². The molecule has 0 saturated heterocycles. The van der Waals surface area contributed by atoms with Gasteiger partial charge in [-0.25, -0.2) is 10.4 Å². The molecule has 1 aromatic carbocycles. The van der Waals surface area contributed by atoms with Crippen LogP contribution in [0.3, 0.4) is 0 Å². The molecule has 4 aromatic rings. The zero-order valence-corrected chi connectivity index (χ0v) is 18.2. The van der Waals surface area contributed by atoms with Gasteiger partial charge in [-0.15, -0.1) is 0 Å². The molecule has 0 bridgehead atoms. The lowest BCUT2D eigenvalue weighted by Gasteiger charge is -2.09. The third-order valence-corrected chi connectivity index (χ3v) is 5.37. The summed E-state index contributed by atoms with van der Waals surface area (Å²) in [5, 5.41) is 5.37. The second-order valence-corrected chi connectivity index (χ2v) is 7.83. The smallest absolute Gasteiger partial charge is 0.290 e. The van der Waals surface area contributed by atoms with E-state index in [1.807, 2.05) is 44.2 Å². The molecule has 0 atom stereocenters. The van der Waals surface area contributed by atoms with Crippen LogP contribution in [0, 0.1) is 20.8 Å². The molecule has 6 nitrogen and oxygen atoms in total. The van der Waals surface area contributed by atoms with E-state index in [2.05, 4.69) is 20.1 Å². The summed E-state index contributed by atoms with van der Waals surface area (Å²) in [6, 6.07) is 13.1. The fourth-order valence-corrected chi connectivity index (χ4v) is 3.82. The normalized spacial score (nSPS) is 11.5. The van der Waals surface area contributed by atoms with E-state index in [1.54, 1.807) is 35.9 Å². The SMILES string of the molecule is Cc1nc2ccc(Cl)cn2c1C(=O)N/N=C\c1cc(C)n(-c2ccc(Cl)cc2)c1C. The topological polar surface area (TPSA) is 63.7 Å². The number of benzene rings is 1. The lowest BCUT2D eigenvalue weighted by molar-refractivity contribution is 0.0948. The van der Waals surface area contributed by atoms with Crippen molar-refractivity contribution in [2.45, 2.75) is 20.8 Å². The Morgan fingerprint density at radius 3 is 2.50 bits per heavy atom. The highest BCUT2D eigenvalue weighted by atomic mass is 35.5. The van der Waals surface area contributed by atoms with Gasteiger partial charge in [0.15, 0.2) is 0 Å². The fourth-order valence-electron chi connectivity index (χ4n) is 3.53. The minimum absolute atomic E-state index is 0.356. The Balaban J connectivity index is 1.58. The van der Waals surface area contributed by atoms with Crippen molar-refractivity contribution < 1.29 is 4.79 Å². The largest absolute Gasteiger partial charge is 0.318 e. The fraction of sp³-hybridized carbons (Fsp3) is 0.136. The molecule has 0 fully saturated rings. The van der Waals surface area contributed by atoms with Gasteiger partial charge in [-0.05, 0) is 63.2 Å². The number of halogens is 2. The van der Waals surface area contributed by atoms with Crippen LogP contribution < -0.4 is 5.43 Å². The van der Waals surface area contributed by atoms with E-state index in [-0.39, 0.29) is 5.91 Å². The number of hydrazone groups is 1. The number of carbonyl (C=O) groups excluding carboxylic acids is 1. The van der Waals surface area contributed by atoms with Gasteiger partial charge in [-0.1, -0.05) is 23.2 Å². The molecule has 1 amide bonds. The molecule has 30 heavy (non-hydrogen) atoms. The highest BCUT2D eigenvalue weighted by molar-refractivity contribution is 6.30. The molecule has 0 aliphatic rings. The van der Waals surface area contributed by atoms with Crippen molar-refractivity contribution in [3.8, 4) is 5.69 Å². The highest BCUT2D eigenvalue weighted by Gasteiger charge is 2.16. The van der Waals surface area contributed by atoms with Gasteiger partial charge < -0.3 is 4.57 Å². The number of nitrogens with zero attached hydrogens (tertiary/aromatic N) is 4. The van der Waals surface area contributed by atoms with Crippen LogP contribution in [0.15, 0.2) is 53.8 Å². The lowest BCUT2D eigenvalue weighted by atomic mass is 10.2. The minimum Gasteiger partial charge on any atom is -0.318 e. The number of hydrogen-bond donors (Lipinski definition) is 1. The standard InChI is InChI=1S/C22H19Cl2N5O/c1-13-10-16(15(3)29(13)19-7-4-17(23)5-8-19)11-25-27-22(30)21-14(2)26-20-9-6-18(24)12-28(20)21/h4-12H,1-3H3,(H,27,30)/b25-11-. The van der Waals surface area contributed by atoms with Crippen LogP contribution in [-0.4, -0.2) is 26.1 Å². The Hall–Kier alpha value is -3.09. The van der Waals surface area contributed by atoms with Gasteiger partial charge in [0.25, 0.3) is 5.91 Å². The molecular weight excluding hydrogens is 421 g/mol. The molecule has 0 aliphatic carbocycles. The number of pyridine rings is 1. The number of hydrogen-bond acceptors (Lipinski definition) is 3. The Bertz CT molecular complexity index is 1290. The molecule has 0 radical (unpaired) electrons. The number of amides is 1. The van der Waals surface area contributed by atoms with Gasteiger partial charge in [0.1, 0.15) is 11.3 Å². The monoisotopic (exact) mass is 439 g/mol. The summed E-state index contributed by atoms with van der Waals surface area (Å²) in [7, 11) is 0. The van der Waals surface area contributed by atoms with E-state index in [1.165, 1.54) is 0 Å². The average molecular weight is 440 g/mol. The number of fused-ring (bicyclic) bond motifs is 1. The average Bonchev–Trinajstić information content (AvgIpc) is 3.17. The Morgan fingerprint density at radius 2 is 1.77 bits per heavy atom. The molecule has 3 heterocycles. The van der Waals surface area contributed by atoms with Crippen LogP contribution in [-0.2, 0) is 0 Å². The first-order chi connectivity index (χ1) is 14.3.